The van der Waals surface area contributed by atoms with Gasteiger partial charge in [0.25, 0.3) is 0 Å². The van der Waals surface area contributed by atoms with Crippen LogP contribution in [0.3, 0.4) is 0 Å². The van der Waals surface area contributed by atoms with Gasteiger partial charge < -0.3 is 4.74 Å². The molecule has 0 saturated heterocycles. The SMILES string of the molecule is CC(=O)O[C@H]1CC[C@@]2(C)[C@H](C1)C(=O)C[C@H]1[C@H]2CC[C@]2(C)[C@@H]([C@H](C)CCCC(C)C)CC[C@@H]12. The summed E-state index contributed by atoms with van der Waals surface area (Å²) in [5.74, 6) is 4.81. The van der Waals surface area contributed by atoms with Crippen LogP contribution in [0.25, 0.3) is 0 Å². The Kier molecular flexibility index (Phi) is 6.87. The molecule has 3 nitrogen and oxygen atoms in total. The first-order valence-corrected chi connectivity index (χ1v) is 13.8. The molecule has 0 radical (unpaired) electrons. The molecule has 4 rings (SSSR count). The van der Waals surface area contributed by atoms with Crippen LogP contribution in [0.4, 0.5) is 0 Å². The van der Waals surface area contributed by atoms with E-state index in [0.29, 0.717) is 23.0 Å². The lowest BCUT2D eigenvalue weighted by Gasteiger charge is -2.60. The van der Waals surface area contributed by atoms with Crippen LogP contribution in [0.15, 0.2) is 0 Å². The minimum Gasteiger partial charge on any atom is -0.463 e. The molecule has 0 bridgehead atoms. The van der Waals surface area contributed by atoms with Crippen molar-refractivity contribution in [1.82, 2.24) is 0 Å². The number of rotatable bonds is 6. The van der Waals surface area contributed by atoms with Crippen molar-refractivity contribution in [2.75, 3.05) is 0 Å². The second-order valence-corrected chi connectivity index (χ2v) is 13.1. The van der Waals surface area contributed by atoms with Gasteiger partial charge in [0.05, 0.1) is 0 Å². The summed E-state index contributed by atoms with van der Waals surface area (Å²) in [4.78, 5) is 25.0. The Morgan fingerprint density at radius 3 is 2.38 bits per heavy atom. The smallest absolute Gasteiger partial charge is 0.302 e. The zero-order valence-corrected chi connectivity index (χ0v) is 21.6. The zero-order valence-electron chi connectivity index (χ0n) is 21.6. The van der Waals surface area contributed by atoms with Gasteiger partial charge >= 0.3 is 5.97 Å². The first-order valence-electron chi connectivity index (χ1n) is 13.8. The predicted octanol–water partition coefficient (Wildman–Crippen LogP) is 7.22. The second-order valence-electron chi connectivity index (χ2n) is 13.1. The van der Waals surface area contributed by atoms with E-state index in [1.54, 1.807) is 0 Å². The Balaban J connectivity index is 1.48. The third-order valence-corrected chi connectivity index (χ3v) is 10.9. The van der Waals surface area contributed by atoms with Crippen LogP contribution in [0.5, 0.6) is 0 Å². The molecule has 0 N–H and O–H groups in total. The van der Waals surface area contributed by atoms with E-state index in [9.17, 15) is 9.59 Å². The molecule has 0 aromatic carbocycles. The highest BCUT2D eigenvalue weighted by molar-refractivity contribution is 5.83. The molecule has 0 unspecified atom stereocenters. The summed E-state index contributed by atoms with van der Waals surface area (Å²) >= 11 is 0. The van der Waals surface area contributed by atoms with Crippen molar-refractivity contribution in [3.05, 3.63) is 0 Å². The lowest BCUT2D eigenvalue weighted by atomic mass is 9.44. The fraction of sp³-hybridized carbons (Fsp3) is 0.931. The van der Waals surface area contributed by atoms with Crippen molar-refractivity contribution in [2.24, 2.45) is 52.3 Å². The van der Waals surface area contributed by atoms with Gasteiger partial charge in [0.2, 0.25) is 0 Å². The largest absolute Gasteiger partial charge is 0.463 e. The Labute approximate surface area is 196 Å². The normalized spacial score (nSPS) is 44.5. The van der Waals surface area contributed by atoms with Crippen LogP contribution in [-0.4, -0.2) is 17.9 Å². The minimum absolute atomic E-state index is 0.0533. The van der Waals surface area contributed by atoms with Crippen molar-refractivity contribution in [3.8, 4) is 0 Å². The number of ketones is 1. The average Bonchev–Trinajstić information content (AvgIpc) is 3.06. The van der Waals surface area contributed by atoms with Gasteiger partial charge in [0.15, 0.2) is 0 Å². The van der Waals surface area contributed by atoms with Gasteiger partial charge in [-0.15, -0.1) is 0 Å². The van der Waals surface area contributed by atoms with Crippen molar-refractivity contribution < 1.29 is 14.3 Å². The summed E-state index contributed by atoms with van der Waals surface area (Å²) in [7, 11) is 0. The van der Waals surface area contributed by atoms with E-state index in [1.165, 1.54) is 51.9 Å². The van der Waals surface area contributed by atoms with Gasteiger partial charge in [-0.1, -0.05) is 53.9 Å². The maximum atomic E-state index is 13.5. The molecule has 4 aliphatic rings. The Hall–Kier alpha value is -0.860. The van der Waals surface area contributed by atoms with Gasteiger partial charge in [-0.3, -0.25) is 9.59 Å². The number of ether oxygens (including phenoxy) is 1. The molecular weight excluding hydrogens is 396 g/mol. The van der Waals surface area contributed by atoms with Crippen LogP contribution < -0.4 is 0 Å². The number of carbonyl (C=O) groups excluding carboxylic acids is 2. The number of fused-ring (bicyclic) bond motifs is 5. The molecule has 0 aromatic heterocycles. The number of Topliss-reactive ketones (excluding diaryl/α,β-unsaturated/α-hetero) is 1. The molecule has 3 heteroatoms. The maximum Gasteiger partial charge on any atom is 0.302 e. The van der Waals surface area contributed by atoms with E-state index in [1.807, 2.05) is 0 Å². The molecule has 0 aliphatic heterocycles. The monoisotopic (exact) mass is 444 g/mol. The van der Waals surface area contributed by atoms with E-state index in [4.69, 9.17) is 4.74 Å². The van der Waals surface area contributed by atoms with Crippen LogP contribution in [-0.2, 0) is 14.3 Å². The Morgan fingerprint density at radius 2 is 1.69 bits per heavy atom. The third kappa shape index (κ3) is 4.20. The topological polar surface area (TPSA) is 43.4 Å². The molecule has 32 heavy (non-hydrogen) atoms. The molecule has 182 valence electrons. The molecule has 0 heterocycles. The van der Waals surface area contributed by atoms with Crippen LogP contribution in [0.1, 0.15) is 112 Å². The summed E-state index contributed by atoms with van der Waals surface area (Å²) in [6.45, 7) is 13.7. The van der Waals surface area contributed by atoms with Gasteiger partial charge in [-0.2, -0.15) is 0 Å². The highest BCUT2D eigenvalue weighted by atomic mass is 16.5. The Bertz CT molecular complexity index is 713. The molecule has 9 atom stereocenters. The van der Waals surface area contributed by atoms with Gasteiger partial charge in [-0.05, 0) is 91.3 Å². The highest BCUT2D eigenvalue weighted by Crippen LogP contribution is 2.68. The molecule has 4 fully saturated rings. The predicted molar refractivity (Wildman–Crippen MR) is 129 cm³/mol. The van der Waals surface area contributed by atoms with Crippen molar-refractivity contribution in [3.63, 3.8) is 0 Å². The van der Waals surface area contributed by atoms with E-state index in [2.05, 4.69) is 34.6 Å². The molecule has 4 saturated carbocycles. The fourth-order valence-corrected chi connectivity index (χ4v) is 9.37. The molecule has 0 amide bonds. The second kappa shape index (κ2) is 9.06. The first kappa shape index (κ1) is 24.3. The van der Waals surface area contributed by atoms with Crippen LogP contribution >= 0.6 is 0 Å². The third-order valence-electron chi connectivity index (χ3n) is 10.9. The van der Waals surface area contributed by atoms with Crippen molar-refractivity contribution in [2.45, 2.75) is 118 Å². The van der Waals surface area contributed by atoms with Gasteiger partial charge in [0.1, 0.15) is 11.9 Å². The van der Waals surface area contributed by atoms with E-state index in [0.717, 1.165) is 49.4 Å². The lowest BCUT2D eigenvalue weighted by molar-refractivity contribution is -0.169. The molecular formula is C29H48O3. The lowest BCUT2D eigenvalue weighted by Crippen LogP contribution is -2.57. The minimum atomic E-state index is -0.201. The maximum absolute atomic E-state index is 13.5. The van der Waals surface area contributed by atoms with E-state index in [-0.39, 0.29) is 23.4 Å². The van der Waals surface area contributed by atoms with Crippen LogP contribution in [0.2, 0.25) is 0 Å². The van der Waals surface area contributed by atoms with Crippen LogP contribution in [0, 0.1) is 52.3 Å². The van der Waals surface area contributed by atoms with Crippen molar-refractivity contribution in [1.29, 1.82) is 0 Å². The molecule has 0 aromatic rings. The molecule has 0 spiro atoms. The summed E-state index contributed by atoms with van der Waals surface area (Å²) in [6, 6.07) is 0. The Morgan fingerprint density at radius 1 is 1.00 bits per heavy atom. The zero-order chi connectivity index (χ0) is 23.3. The van der Waals surface area contributed by atoms with Gasteiger partial charge in [-0.25, -0.2) is 0 Å². The number of hydrogen-bond acceptors (Lipinski definition) is 3. The summed E-state index contributed by atoms with van der Waals surface area (Å²) in [5, 5.41) is 0. The van der Waals surface area contributed by atoms with Crippen molar-refractivity contribution >= 4 is 11.8 Å². The number of hydrogen-bond donors (Lipinski definition) is 0. The quantitative estimate of drug-likeness (QED) is 0.406. The van der Waals surface area contributed by atoms with E-state index < -0.39 is 0 Å². The fourth-order valence-electron chi connectivity index (χ4n) is 9.37. The number of esters is 1. The summed E-state index contributed by atoms with van der Waals surface area (Å²) in [6.07, 6.45) is 12.9. The molecule has 4 aliphatic carbocycles. The average molecular weight is 445 g/mol. The van der Waals surface area contributed by atoms with Gasteiger partial charge in [0, 0.05) is 19.3 Å². The summed E-state index contributed by atoms with van der Waals surface area (Å²) < 4.78 is 5.55. The van der Waals surface area contributed by atoms with E-state index >= 15 is 0 Å². The first-order chi connectivity index (χ1) is 15.1. The summed E-state index contributed by atoms with van der Waals surface area (Å²) in [5.41, 5.74) is 0.537. The highest BCUT2D eigenvalue weighted by Gasteiger charge is 2.62. The standard InChI is InChI=1S/C29H48O3/c1-18(2)8-7-9-19(3)23-10-11-24-22-17-27(31)26-16-21(32-20(4)30)12-14-29(26,6)25(22)13-15-28(23,24)5/h18-19,21-26H,7-17H2,1-6H3/t19-,21+,22-,23-,24+,25-,26-,28-,29-/m1/s1. The number of carbonyl (C=O) groups is 2.